The van der Waals surface area contributed by atoms with E-state index in [0.717, 1.165) is 22.0 Å². The highest BCUT2D eigenvalue weighted by Crippen LogP contribution is 2.24. The first-order valence-electron chi connectivity index (χ1n) is 5.67. The molecule has 0 aliphatic carbocycles. The van der Waals surface area contributed by atoms with Crippen LogP contribution >= 0.6 is 0 Å². The average molecular weight is 241 g/mol. The van der Waals surface area contributed by atoms with Gasteiger partial charge in [-0.25, -0.2) is 0 Å². The zero-order valence-electron chi connectivity index (χ0n) is 10.2. The first-order valence-corrected chi connectivity index (χ1v) is 5.67. The van der Waals surface area contributed by atoms with E-state index in [0.29, 0.717) is 12.1 Å². The van der Waals surface area contributed by atoms with Crippen LogP contribution in [0.2, 0.25) is 0 Å². The molecule has 0 bridgehead atoms. The Hall–Kier alpha value is -2.20. The van der Waals surface area contributed by atoms with Gasteiger partial charge in [0.15, 0.2) is 0 Å². The van der Waals surface area contributed by atoms with Gasteiger partial charge in [0.1, 0.15) is 0 Å². The maximum absolute atomic E-state index is 11.8. The van der Waals surface area contributed by atoms with Gasteiger partial charge in [-0.1, -0.05) is 24.8 Å². The number of rotatable bonds is 3. The number of amides is 1. The van der Waals surface area contributed by atoms with Crippen LogP contribution < -0.4 is 11.1 Å². The van der Waals surface area contributed by atoms with E-state index in [-0.39, 0.29) is 5.91 Å². The monoisotopic (exact) mass is 241 g/mol. The molecule has 4 heteroatoms. The summed E-state index contributed by atoms with van der Waals surface area (Å²) in [4.78, 5) is 16.1. The molecule has 0 fully saturated rings. The minimum absolute atomic E-state index is 0.127. The lowest BCUT2D eigenvalue weighted by atomic mass is 10.0. The molecule has 0 radical (unpaired) electrons. The van der Waals surface area contributed by atoms with Gasteiger partial charge in [0, 0.05) is 30.7 Å². The van der Waals surface area contributed by atoms with Crippen LogP contribution in [0.3, 0.4) is 0 Å². The number of carbonyl (C=O) groups excluding carboxylic acids is 1. The van der Waals surface area contributed by atoms with E-state index >= 15 is 0 Å². The molecule has 4 nitrogen and oxygen atoms in total. The van der Waals surface area contributed by atoms with Crippen molar-refractivity contribution in [1.29, 1.82) is 0 Å². The standard InChI is InChI=1S/C14H15N3O/c1-9(8-15)10-4-3-5-11-12(14(18)16-2)6-7-17-13(10)11/h3-7H,1,8,15H2,2H3,(H,16,18). The van der Waals surface area contributed by atoms with Crippen molar-refractivity contribution in [2.75, 3.05) is 13.6 Å². The van der Waals surface area contributed by atoms with Crippen LogP contribution in [0.1, 0.15) is 15.9 Å². The number of para-hydroxylation sites is 1. The fourth-order valence-corrected chi connectivity index (χ4v) is 1.90. The summed E-state index contributed by atoms with van der Waals surface area (Å²) in [7, 11) is 1.61. The zero-order chi connectivity index (χ0) is 13.1. The van der Waals surface area contributed by atoms with Crippen molar-refractivity contribution < 1.29 is 4.79 Å². The van der Waals surface area contributed by atoms with Gasteiger partial charge in [0.05, 0.1) is 11.1 Å². The van der Waals surface area contributed by atoms with Crippen molar-refractivity contribution in [2.24, 2.45) is 5.73 Å². The lowest BCUT2D eigenvalue weighted by molar-refractivity contribution is 0.0964. The van der Waals surface area contributed by atoms with Crippen LogP contribution in [0.5, 0.6) is 0 Å². The molecular formula is C14H15N3O. The number of hydrogen-bond acceptors (Lipinski definition) is 3. The SMILES string of the molecule is C=C(CN)c1cccc2c(C(=O)NC)ccnc12. The number of pyridine rings is 1. The summed E-state index contributed by atoms with van der Waals surface area (Å²) in [5.74, 6) is -0.127. The molecule has 1 amide bonds. The number of fused-ring (bicyclic) bond motifs is 1. The van der Waals surface area contributed by atoms with Gasteiger partial charge in [-0.3, -0.25) is 9.78 Å². The van der Waals surface area contributed by atoms with E-state index < -0.39 is 0 Å². The Morgan fingerprint density at radius 1 is 1.39 bits per heavy atom. The Morgan fingerprint density at radius 2 is 2.17 bits per heavy atom. The van der Waals surface area contributed by atoms with E-state index in [1.807, 2.05) is 18.2 Å². The summed E-state index contributed by atoms with van der Waals surface area (Å²) in [5.41, 5.74) is 8.67. The van der Waals surface area contributed by atoms with Gasteiger partial charge in [-0.2, -0.15) is 0 Å². The highest BCUT2D eigenvalue weighted by atomic mass is 16.1. The zero-order valence-corrected chi connectivity index (χ0v) is 10.2. The largest absolute Gasteiger partial charge is 0.355 e. The fraction of sp³-hybridized carbons (Fsp3) is 0.143. The molecule has 0 saturated carbocycles. The van der Waals surface area contributed by atoms with E-state index in [9.17, 15) is 4.79 Å². The Labute approximate surface area is 106 Å². The summed E-state index contributed by atoms with van der Waals surface area (Å²) in [6.45, 7) is 4.29. The summed E-state index contributed by atoms with van der Waals surface area (Å²) in [6, 6.07) is 7.38. The van der Waals surface area contributed by atoms with Crippen molar-refractivity contribution in [2.45, 2.75) is 0 Å². The number of benzene rings is 1. The summed E-state index contributed by atoms with van der Waals surface area (Å²) in [5, 5.41) is 3.43. The molecule has 0 aliphatic heterocycles. The molecular weight excluding hydrogens is 226 g/mol. The Morgan fingerprint density at radius 3 is 2.83 bits per heavy atom. The molecule has 1 heterocycles. The van der Waals surface area contributed by atoms with Gasteiger partial charge >= 0.3 is 0 Å². The Balaban J connectivity index is 2.73. The Kier molecular flexibility index (Phi) is 3.39. The second-order valence-electron chi connectivity index (χ2n) is 3.95. The fourth-order valence-electron chi connectivity index (χ4n) is 1.90. The molecule has 0 atom stereocenters. The van der Waals surface area contributed by atoms with Crippen LogP contribution in [0.25, 0.3) is 16.5 Å². The average Bonchev–Trinajstić information content (AvgIpc) is 2.44. The maximum atomic E-state index is 11.8. The normalized spacial score (nSPS) is 10.3. The first kappa shape index (κ1) is 12.3. The molecule has 2 aromatic rings. The summed E-state index contributed by atoms with van der Waals surface area (Å²) in [6.07, 6.45) is 1.63. The van der Waals surface area contributed by atoms with Crippen molar-refractivity contribution >= 4 is 22.4 Å². The third-order valence-corrected chi connectivity index (χ3v) is 2.87. The number of aromatic nitrogens is 1. The molecule has 0 unspecified atom stereocenters. The van der Waals surface area contributed by atoms with Gasteiger partial charge in [-0.15, -0.1) is 0 Å². The number of nitrogens with one attached hydrogen (secondary N) is 1. The summed E-state index contributed by atoms with van der Waals surface area (Å²) < 4.78 is 0. The second kappa shape index (κ2) is 4.98. The van der Waals surface area contributed by atoms with Gasteiger partial charge in [0.25, 0.3) is 5.91 Å². The predicted molar refractivity (Wildman–Crippen MR) is 73.2 cm³/mol. The third-order valence-electron chi connectivity index (χ3n) is 2.87. The molecule has 2 rings (SSSR count). The van der Waals surface area contributed by atoms with Crippen LogP contribution in [0.4, 0.5) is 0 Å². The predicted octanol–water partition coefficient (Wildman–Crippen LogP) is 1.57. The van der Waals surface area contributed by atoms with E-state index in [2.05, 4.69) is 16.9 Å². The van der Waals surface area contributed by atoms with E-state index in [4.69, 9.17) is 5.73 Å². The topological polar surface area (TPSA) is 68.0 Å². The summed E-state index contributed by atoms with van der Waals surface area (Å²) >= 11 is 0. The minimum Gasteiger partial charge on any atom is -0.355 e. The molecule has 18 heavy (non-hydrogen) atoms. The highest BCUT2D eigenvalue weighted by Gasteiger charge is 2.11. The number of carbonyl (C=O) groups is 1. The van der Waals surface area contributed by atoms with Crippen molar-refractivity contribution in [3.8, 4) is 0 Å². The van der Waals surface area contributed by atoms with Crippen LogP contribution in [-0.4, -0.2) is 24.5 Å². The molecule has 0 aliphatic rings. The minimum atomic E-state index is -0.127. The molecule has 0 spiro atoms. The molecule has 3 N–H and O–H groups in total. The van der Waals surface area contributed by atoms with Crippen LogP contribution in [0.15, 0.2) is 37.0 Å². The maximum Gasteiger partial charge on any atom is 0.251 e. The molecule has 92 valence electrons. The molecule has 1 aromatic heterocycles. The lowest BCUT2D eigenvalue weighted by Crippen LogP contribution is -2.18. The number of nitrogens with zero attached hydrogens (tertiary/aromatic N) is 1. The first-order chi connectivity index (χ1) is 8.69. The molecule has 0 saturated heterocycles. The van der Waals surface area contributed by atoms with Gasteiger partial charge in [0.2, 0.25) is 0 Å². The molecule has 1 aromatic carbocycles. The van der Waals surface area contributed by atoms with Gasteiger partial charge < -0.3 is 11.1 Å². The van der Waals surface area contributed by atoms with E-state index in [1.165, 1.54) is 0 Å². The quantitative estimate of drug-likeness (QED) is 0.857. The van der Waals surface area contributed by atoms with Crippen molar-refractivity contribution in [3.63, 3.8) is 0 Å². The van der Waals surface area contributed by atoms with Crippen molar-refractivity contribution in [1.82, 2.24) is 10.3 Å². The van der Waals surface area contributed by atoms with Crippen molar-refractivity contribution in [3.05, 3.63) is 48.2 Å². The highest BCUT2D eigenvalue weighted by molar-refractivity contribution is 6.07. The number of nitrogens with two attached hydrogens (primary N) is 1. The smallest absolute Gasteiger partial charge is 0.251 e. The number of hydrogen-bond donors (Lipinski definition) is 2. The van der Waals surface area contributed by atoms with Crippen LogP contribution in [0, 0.1) is 0 Å². The lowest BCUT2D eigenvalue weighted by Gasteiger charge is -2.09. The van der Waals surface area contributed by atoms with E-state index in [1.54, 1.807) is 19.3 Å². The third kappa shape index (κ3) is 1.98. The second-order valence-corrected chi connectivity index (χ2v) is 3.95. The van der Waals surface area contributed by atoms with Crippen LogP contribution in [-0.2, 0) is 0 Å². The Bertz CT molecular complexity index is 564. The van der Waals surface area contributed by atoms with Gasteiger partial charge in [-0.05, 0) is 11.6 Å².